The molecule has 0 spiro atoms. The molecular formula is C13H15N3S. The van der Waals surface area contributed by atoms with Crippen LogP contribution in [-0.4, -0.2) is 22.9 Å². The van der Waals surface area contributed by atoms with Gasteiger partial charge in [-0.1, -0.05) is 36.0 Å². The van der Waals surface area contributed by atoms with E-state index < -0.39 is 0 Å². The number of fused-ring (bicyclic) bond motifs is 1. The molecular weight excluding hydrogens is 230 g/mol. The number of rotatable bonds is 0. The van der Waals surface area contributed by atoms with Crippen molar-refractivity contribution in [2.24, 2.45) is 4.99 Å². The zero-order valence-electron chi connectivity index (χ0n) is 9.89. The largest absolute Gasteiger partial charge is 0.346 e. The van der Waals surface area contributed by atoms with Crippen LogP contribution in [0.2, 0.25) is 0 Å². The van der Waals surface area contributed by atoms with E-state index in [0.717, 1.165) is 31.1 Å². The van der Waals surface area contributed by atoms with Crippen LogP contribution in [0.1, 0.15) is 17.5 Å². The highest BCUT2D eigenvalue weighted by molar-refractivity contribution is 8.13. The van der Waals surface area contributed by atoms with E-state index in [1.807, 2.05) is 12.4 Å². The lowest BCUT2D eigenvalue weighted by atomic mass is 10.0. The molecule has 88 valence electrons. The lowest BCUT2D eigenvalue weighted by molar-refractivity contribution is 0.426. The van der Waals surface area contributed by atoms with Gasteiger partial charge >= 0.3 is 0 Å². The van der Waals surface area contributed by atoms with Crippen molar-refractivity contribution < 1.29 is 0 Å². The van der Waals surface area contributed by atoms with Gasteiger partial charge in [0.2, 0.25) is 6.19 Å². The smallest absolute Gasteiger partial charge is 0.208 e. The highest BCUT2D eigenvalue weighted by Crippen LogP contribution is 2.20. The van der Waals surface area contributed by atoms with E-state index in [1.54, 1.807) is 0 Å². The molecule has 0 saturated carbocycles. The van der Waals surface area contributed by atoms with Crippen LogP contribution >= 0.6 is 11.8 Å². The quantitative estimate of drug-likeness (QED) is 0.401. The second-order valence-electron chi connectivity index (χ2n) is 3.99. The van der Waals surface area contributed by atoms with Gasteiger partial charge in [-0.2, -0.15) is 5.26 Å². The third kappa shape index (κ3) is 2.80. The number of hydrogen-bond acceptors (Lipinski definition) is 3. The van der Waals surface area contributed by atoms with E-state index in [2.05, 4.69) is 34.2 Å². The molecule has 1 aliphatic rings. The van der Waals surface area contributed by atoms with E-state index in [4.69, 9.17) is 5.26 Å². The topological polar surface area (TPSA) is 39.4 Å². The molecule has 1 aromatic rings. The highest BCUT2D eigenvalue weighted by atomic mass is 32.2. The number of aliphatic imine (C=N–C) groups is 1. The van der Waals surface area contributed by atoms with Crippen LogP contribution < -0.4 is 0 Å². The van der Waals surface area contributed by atoms with Crippen LogP contribution in [0.4, 0.5) is 0 Å². The van der Waals surface area contributed by atoms with Gasteiger partial charge in [-0.15, -0.1) is 4.99 Å². The van der Waals surface area contributed by atoms with Gasteiger partial charge in [0.15, 0.2) is 5.17 Å². The van der Waals surface area contributed by atoms with Crippen LogP contribution in [-0.2, 0) is 13.0 Å². The molecule has 0 N–H and O–H groups in total. The Morgan fingerprint density at radius 3 is 2.88 bits per heavy atom. The van der Waals surface area contributed by atoms with Crippen LogP contribution in [0.25, 0.3) is 0 Å². The molecule has 0 saturated heterocycles. The van der Waals surface area contributed by atoms with Gasteiger partial charge in [0.1, 0.15) is 0 Å². The summed E-state index contributed by atoms with van der Waals surface area (Å²) in [6.07, 6.45) is 6.08. The molecule has 0 amide bonds. The normalized spacial score (nSPS) is 16.0. The lowest BCUT2D eigenvalue weighted by Crippen LogP contribution is -2.28. The highest BCUT2D eigenvalue weighted by Gasteiger charge is 2.16. The summed E-state index contributed by atoms with van der Waals surface area (Å²) >= 11 is 1.54. The van der Waals surface area contributed by atoms with Gasteiger partial charge in [0, 0.05) is 13.1 Å². The number of nitrogens with zero attached hydrogens (tertiary/aromatic N) is 3. The number of aryl methyl sites for hydroxylation is 1. The Hall–Kier alpha value is -1.47. The first kappa shape index (κ1) is 12.0. The fourth-order valence-electron chi connectivity index (χ4n) is 2.15. The van der Waals surface area contributed by atoms with Crippen LogP contribution in [0.5, 0.6) is 0 Å². The van der Waals surface area contributed by atoms with E-state index in [9.17, 15) is 0 Å². The lowest BCUT2D eigenvalue weighted by Gasteiger charge is -2.22. The van der Waals surface area contributed by atoms with Crippen LogP contribution in [0.3, 0.4) is 0 Å². The third-order valence-corrected chi connectivity index (χ3v) is 3.67. The van der Waals surface area contributed by atoms with Crippen LogP contribution in [0.15, 0.2) is 29.3 Å². The van der Waals surface area contributed by atoms with Crippen molar-refractivity contribution in [3.05, 3.63) is 35.4 Å². The van der Waals surface area contributed by atoms with Crippen molar-refractivity contribution in [3.8, 4) is 6.19 Å². The minimum absolute atomic E-state index is 0.823. The summed E-state index contributed by atoms with van der Waals surface area (Å²) in [5.74, 6) is 0. The molecule has 0 atom stereocenters. The zero-order chi connectivity index (χ0) is 12.1. The Morgan fingerprint density at radius 1 is 1.41 bits per heavy atom. The first-order valence-corrected chi connectivity index (χ1v) is 6.90. The minimum Gasteiger partial charge on any atom is -0.346 e. The Bertz CT molecular complexity index is 462. The van der Waals surface area contributed by atoms with E-state index in [0.29, 0.717) is 0 Å². The summed E-state index contributed by atoms with van der Waals surface area (Å²) in [7, 11) is 0. The molecule has 0 bridgehead atoms. The number of hydrogen-bond donors (Lipinski definition) is 0. The molecule has 1 aromatic carbocycles. The molecule has 0 unspecified atom stereocenters. The molecule has 0 fully saturated rings. The molecule has 1 aliphatic heterocycles. The average molecular weight is 245 g/mol. The molecule has 4 heteroatoms. The second-order valence-corrected chi connectivity index (χ2v) is 4.77. The number of thioether (sulfide) groups is 1. The van der Waals surface area contributed by atoms with Gasteiger partial charge in [-0.05, 0) is 30.2 Å². The van der Waals surface area contributed by atoms with E-state index in [-0.39, 0.29) is 0 Å². The number of amidine groups is 1. The zero-order valence-corrected chi connectivity index (χ0v) is 10.7. The molecule has 0 aromatic heterocycles. The molecule has 1 heterocycles. The maximum atomic E-state index is 8.69. The molecule has 0 radical (unpaired) electrons. The fourth-order valence-corrected chi connectivity index (χ4v) is 2.70. The predicted octanol–water partition coefficient (Wildman–Crippen LogP) is 2.63. The van der Waals surface area contributed by atoms with E-state index in [1.165, 1.54) is 22.9 Å². The van der Waals surface area contributed by atoms with Crippen molar-refractivity contribution in [2.75, 3.05) is 12.8 Å². The Balaban J connectivity index is 2.24. The maximum Gasteiger partial charge on any atom is 0.208 e. The minimum atomic E-state index is 0.823. The van der Waals surface area contributed by atoms with Crippen molar-refractivity contribution in [2.45, 2.75) is 19.4 Å². The van der Waals surface area contributed by atoms with Crippen molar-refractivity contribution in [1.29, 1.82) is 5.26 Å². The third-order valence-electron chi connectivity index (χ3n) is 2.95. The summed E-state index contributed by atoms with van der Waals surface area (Å²) in [6, 6.07) is 8.52. The summed E-state index contributed by atoms with van der Waals surface area (Å²) in [4.78, 5) is 6.09. The molecule has 0 aliphatic carbocycles. The Labute approximate surface area is 106 Å². The van der Waals surface area contributed by atoms with Crippen LogP contribution in [0, 0.1) is 11.5 Å². The fraction of sp³-hybridized carbons (Fsp3) is 0.385. The SMILES string of the molecule is CSC(=NC#N)N1CCCc2ccccc2C1. The first-order chi connectivity index (χ1) is 8.35. The summed E-state index contributed by atoms with van der Waals surface area (Å²) in [5, 5.41) is 9.51. The second kappa shape index (κ2) is 5.74. The number of benzene rings is 1. The molecule has 3 nitrogen and oxygen atoms in total. The van der Waals surface area contributed by atoms with Gasteiger partial charge in [0.25, 0.3) is 0 Å². The van der Waals surface area contributed by atoms with Crippen molar-refractivity contribution in [1.82, 2.24) is 4.90 Å². The van der Waals surface area contributed by atoms with Crippen molar-refractivity contribution in [3.63, 3.8) is 0 Å². The van der Waals surface area contributed by atoms with E-state index >= 15 is 0 Å². The van der Waals surface area contributed by atoms with Gasteiger partial charge in [-0.3, -0.25) is 0 Å². The molecule has 2 rings (SSSR count). The van der Waals surface area contributed by atoms with Gasteiger partial charge < -0.3 is 4.90 Å². The summed E-state index contributed by atoms with van der Waals surface area (Å²) in [5.41, 5.74) is 2.78. The van der Waals surface area contributed by atoms with Crippen molar-refractivity contribution >= 4 is 16.9 Å². The summed E-state index contributed by atoms with van der Waals surface area (Å²) < 4.78 is 0. The monoisotopic (exact) mass is 245 g/mol. The van der Waals surface area contributed by atoms with Gasteiger partial charge in [0.05, 0.1) is 0 Å². The summed E-state index contributed by atoms with van der Waals surface area (Å²) in [6.45, 7) is 1.83. The standard InChI is InChI=1S/C13H15N3S/c1-17-13(15-10-14)16-8-4-7-11-5-2-3-6-12(11)9-16/h2-3,5-6H,4,7-9H2,1H3. The van der Waals surface area contributed by atoms with Gasteiger partial charge in [-0.25, -0.2) is 0 Å². The Morgan fingerprint density at radius 2 is 2.18 bits per heavy atom. The number of nitriles is 1. The predicted molar refractivity (Wildman–Crippen MR) is 71.7 cm³/mol. The first-order valence-electron chi connectivity index (χ1n) is 5.67. The molecule has 17 heavy (non-hydrogen) atoms. The Kier molecular flexibility index (Phi) is 4.05. The average Bonchev–Trinajstić information content (AvgIpc) is 2.57. The maximum absolute atomic E-state index is 8.69.